The summed E-state index contributed by atoms with van der Waals surface area (Å²) in [6.07, 6.45) is 0. The van der Waals surface area contributed by atoms with Crippen LogP contribution in [0.25, 0.3) is 0 Å². The van der Waals surface area contributed by atoms with Gasteiger partial charge in [-0.25, -0.2) is 0 Å². The second kappa shape index (κ2) is 8.00. The molecule has 3 rings (SSSR count). The number of aliphatic carboxylic acids is 1. The van der Waals surface area contributed by atoms with Crippen molar-refractivity contribution in [1.29, 1.82) is 0 Å². The number of hydrogen-bond donors (Lipinski definition) is 1. The molecule has 1 atom stereocenters. The van der Waals surface area contributed by atoms with Gasteiger partial charge in [-0.05, 0) is 49.3 Å². The number of carbonyl (C=O) groups is 3. The van der Waals surface area contributed by atoms with Gasteiger partial charge in [0.1, 0.15) is 5.41 Å². The minimum atomic E-state index is -1.94. The summed E-state index contributed by atoms with van der Waals surface area (Å²) in [6, 6.07) is 10.2. The molecule has 1 aromatic carbocycles. The number of rotatable bonds is 7. The van der Waals surface area contributed by atoms with E-state index in [-0.39, 0.29) is 11.6 Å². The van der Waals surface area contributed by atoms with Gasteiger partial charge in [0.25, 0.3) is 11.8 Å². The number of fused-ring (bicyclic) bond motifs is 1. The van der Waals surface area contributed by atoms with E-state index < -0.39 is 31.5 Å². The largest absolute Gasteiger partial charge is 0.481 e. The van der Waals surface area contributed by atoms with Crippen molar-refractivity contribution in [3.05, 3.63) is 57.3 Å². The molecule has 1 aliphatic rings. The Labute approximate surface area is 188 Å². The van der Waals surface area contributed by atoms with E-state index in [0.29, 0.717) is 22.6 Å². The molecule has 0 radical (unpaired) electrons. The summed E-state index contributed by atoms with van der Waals surface area (Å²) in [7, 11) is -1.94. The number of imide groups is 1. The first-order chi connectivity index (χ1) is 14.3. The van der Waals surface area contributed by atoms with Gasteiger partial charge < -0.3 is 9.53 Å². The summed E-state index contributed by atoms with van der Waals surface area (Å²) in [5.41, 5.74) is -0.780. The first-order valence-electron chi connectivity index (χ1n) is 10.2. The third-order valence-electron chi connectivity index (χ3n) is 6.41. The zero-order valence-corrected chi connectivity index (χ0v) is 20.6. The number of carboxylic acid groups (broad SMARTS) is 1. The minimum Gasteiger partial charge on any atom is -0.481 e. The highest BCUT2D eigenvalue weighted by atomic mass is 32.1. The molecule has 1 N–H and O–H groups in total. The van der Waals surface area contributed by atoms with Crippen LogP contribution in [0, 0.1) is 0 Å². The van der Waals surface area contributed by atoms with Crippen molar-refractivity contribution in [2.45, 2.75) is 57.8 Å². The van der Waals surface area contributed by atoms with E-state index in [1.807, 2.05) is 6.07 Å². The zero-order valence-electron chi connectivity index (χ0n) is 18.8. The van der Waals surface area contributed by atoms with E-state index in [4.69, 9.17) is 4.43 Å². The molecule has 1 aliphatic heterocycles. The molecule has 2 amide bonds. The van der Waals surface area contributed by atoms with Gasteiger partial charge in [0.05, 0.1) is 24.3 Å². The maximum atomic E-state index is 12.8. The number of amides is 2. The second-order valence-corrected chi connectivity index (χ2v) is 15.7. The van der Waals surface area contributed by atoms with Crippen molar-refractivity contribution >= 4 is 37.4 Å². The van der Waals surface area contributed by atoms with Gasteiger partial charge in [-0.15, -0.1) is 11.3 Å². The molecule has 0 fully saturated rings. The number of carbonyl (C=O) groups excluding carboxylic acids is 2. The highest BCUT2D eigenvalue weighted by Gasteiger charge is 2.45. The first-order valence-corrected chi connectivity index (χ1v) is 13.9. The molecule has 2 heterocycles. The van der Waals surface area contributed by atoms with Crippen molar-refractivity contribution in [1.82, 2.24) is 4.90 Å². The van der Waals surface area contributed by atoms with Gasteiger partial charge in [-0.2, -0.15) is 0 Å². The highest BCUT2D eigenvalue weighted by Crippen LogP contribution is 2.39. The lowest BCUT2D eigenvalue weighted by Crippen LogP contribution is -2.46. The quantitative estimate of drug-likeness (QED) is 0.470. The molecule has 166 valence electrons. The topological polar surface area (TPSA) is 83.9 Å². The van der Waals surface area contributed by atoms with E-state index in [9.17, 15) is 19.5 Å². The summed E-state index contributed by atoms with van der Waals surface area (Å²) in [5, 5.41) is 10.1. The van der Waals surface area contributed by atoms with E-state index in [0.717, 1.165) is 9.78 Å². The van der Waals surface area contributed by atoms with Crippen LogP contribution >= 0.6 is 11.3 Å². The Morgan fingerprint density at radius 2 is 1.58 bits per heavy atom. The first kappa shape index (κ1) is 23.4. The average Bonchev–Trinajstić information content (AvgIpc) is 3.25. The van der Waals surface area contributed by atoms with Crippen LogP contribution < -0.4 is 0 Å². The van der Waals surface area contributed by atoms with Crippen LogP contribution in [0.2, 0.25) is 18.1 Å². The van der Waals surface area contributed by atoms with E-state index in [1.54, 1.807) is 37.3 Å². The van der Waals surface area contributed by atoms with Crippen molar-refractivity contribution in [2.24, 2.45) is 0 Å². The molecule has 0 spiro atoms. The normalized spacial score (nSPS) is 16.4. The second-order valence-electron chi connectivity index (χ2n) is 9.69. The summed E-state index contributed by atoms with van der Waals surface area (Å²) >= 11 is 1.36. The predicted octanol–water partition coefficient (Wildman–Crippen LogP) is 4.91. The molecular formula is C23H29NO5SSi. The summed E-state index contributed by atoms with van der Waals surface area (Å²) < 4.78 is 6.26. The lowest BCUT2D eigenvalue weighted by Gasteiger charge is -2.36. The molecule has 0 saturated carbocycles. The van der Waals surface area contributed by atoms with Gasteiger partial charge in [-0.3, -0.25) is 19.3 Å². The van der Waals surface area contributed by atoms with Gasteiger partial charge in [0, 0.05) is 9.75 Å². The van der Waals surface area contributed by atoms with E-state index >= 15 is 0 Å². The molecule has 0 bridgehead atoms. The smallest absolute Gasteiger partial charge is 0.316 e. The van der Waals surface area contributed by atoms with Gasteiger partial charge in [-0.1, -0.05) is 32.9 Å². The summed E-state index contributed by atoms with van der Waals surface area (Å²) in [6.45, 7) is 12.6. The lowest BCUT2D eigenvalue weighted by atomic mass is 9.88. The SMILES string of the molecule is CC(CN1C(=O)c2ccccc2C1=O)(C(=O)O)c1ccc(CO[Si](C)(C)C(C)(C)C)s1. The zero-order chi connectivity index (χ0) is 23.2. The third-order valence-corrected chi connectivity index (χ3v) is 12.2. The van der Waals surface area contributed by atoms with Crippen LogP contribution in [-0.4, -0.2) is 42.7 Å². The molecule has 6 nitrogen and oxygen atoms in total. The van der Waals surface area contributed by atoms with Gasteiger partial charge in [0.2, 0.25) is 0 Å². The summed E-state index contributed by atoms with van der Waals surface area (Å²) in [5.74, 6) is -1.99. The van der Waals surface area contributed by atoms with Gasteiger partial charge in [0.15, 0.2) is 8.32 Å². The van der Waals surface area contributed by atoms with Crippen LogP contribution in [-0.2, 0) is 21.2 Å². The van der Waals surface area contributed by atoms with Crippen molar-refractivity contribution in [3.8, 4) is 0 Å². The molecule has 31 heavy (non-hydrogen) atoms. The van der Waals surface area contributed by atoms with Gasteiger partial charge >= 0.3 is 5.97 Å². The van der Waals surface area contributed by atoms with Crippen LogP contribution in [0.3, 0.4) is 0 Å². The fourth-order valence-electron chi connectivity index (χ4n) is 3.17. The number of benzene rings is 1. The summed E-state index contributed by atoms with van der Waals surface area (Å²) in [4.78, 5) is 40.3. The predicted molar refractivity (Wildman–Crippen MR) is 123 cm³/mol. The molecule has 1 aromatic heterocycles. The van der Waals surface area contributed by atoms with E-state index in [1.165, 1.54) is 11.3 Å². The highest BCUT2D eigenvalue weighted by molar-refractivity contribution is 7.12. The monoisotopic (exact) mass is 459 g/mol. The molecular weight excluding hydrogens is 430 g/mol. The maximum Gasteiger partial charge on any atom is 0.316 e. The lowest BCUT2D eigenvalue weighted by molar-refractivity contribution is -0.143. The molecule has 0 aliphatic carbocycles. The standard InChI is InChI=1S/C23H29NO5SSi/c1-22(2,3)31(5,6)29-13-15-11-12-18(30-15)23(4,21(27)28)14-24-19(25)16-9-7-8-10-17(16)20(24)26/h7-12H,13-14H2,1-6H3,(H,27,28). The molecule has 1 unspecified atom stereocenters. The van der Waals surface area contributed by atoms with Crippen LogP contribution in [0.4, 0.5) is 0 Å². The Bertz CT molecular complexity index is 1000. The van der Waals surface area contributed by atoms with E-state index in [2.05, 4.69) is 33.9 Å². The minimum absolute atomic E-state index is 0.0775. The maximum absolute atomic E-state index is 12.8. The third kappa shape index (κ3) is 4.24. The van der Waals surface area contributed by atoms with Crippen molar-refractivity contribution in [3.63, 3.8) is 0 Å². The van der Waals surface area contributed by atoms with Crippen molar-refractivity contribution < 1.29 is 23.9 Å². The van der Waals surface area contributed by atoms with Crippen LogP contribution in [0.5, 0.6) is 0 Å². The average molecular weight is 460 g/mol. The Hall–Kier alpha value is -2.29. The molecule has 2 aromatic rings. The number of hydrogen-bond acceptors (Lipinski definition) is 5. The van der Waals surface area contributed by atoms with Crippen LogP contribution in [0.15, 0.2) is 36.4 Å². The Balaban J connectivity index is 1.82. The van der Waals surface area contributed by atoms with Crippen molar-refractivity contribution in [2.75, 3.05) is 6.54 Å². The Morgan fingerprint density at radius 1 is 1.03 bits per heavy atom. The Kier molecular flexibility index (Phi) is 6.03. The van der Waals surface area contributed by atoms with Crippen LogP contribution in [0.1, 0.15) is 58.2 Å². The molecule has 8 heteroatoms. The fourth-order valence-corrected chi connectivity index (χ4v) is 5.27. The number of nitrogens with zero attached hydrogens (tertiary/aromatic N) is 1. The Morgan fingerprint density at radius 3 is 2.06 bits per heavy atom. The number of thiophene rings is 1. The molecule has 0 saturated heterocycles. The number of carboxylic acids is 1. The fraction of sp³-hybridized carbons (Fsp3) is 0.435.